The first-order valence-electron chi connectivity index (χ1n) is 9.87. The molecule has 2 bridgehead atoms. The predicted octanol–water partition coefficient (Wildman–Crippen LogP) is 3.70. The summed E-state index contributed by atoms with van der Waals surface area (Å²) in [4.78, 5) is 14.6. The summed E-state index contributed by atoms with van der Waals surface area (Å²) >= 11 is 0. The van der Waals surface area contributed by atoms with Gasteiger partial charge in [0, 0.05) is 31.0 Å². The van der Waals surface area contributed by atoms with Crippen LogP contribution in [0, 0.1) is 0 Å². The number of hydrogen-bond acceptors (Lipinski definition) is 6. The third-order valence-electron chi connectivity index (χ3n) is 5.49. The highest BCUT2D eigenvalue weighted by molar-refractivity contribution is 7.86. The van der Waals surface area contributed by atoms with Gasteiger partial charge in [-0.25, -0.2) is 4.79 Å². The molecule has 0 saturated carbocycles. The lowest BCUT2D eigenvalue weighted by Crippen LogP contribution is -2.56. The Morgan fingerprint density at radius 3 is 2.38 bits per heavy atom. The lowest BCUT2D eigenvalue weighted by atomic mass is 9.83. The van der Waals surface area contributed by atoms with E-state index in [-0.39, 0.29) is 18.2 Å². The number of benzene rings is 1. The Bertz CT molecular complexity index is 948. The molecule has 1 spiro atoms. The lowest BCUT2D eigenvalue weighted by Gasteiger charge is -2.46. The van der Waals surface area contributed by atoms with E-state index in [1.54, 1.807) is 12.1 Å². The molecule has 0 radical (unpaired) electrons. The molecule has 3 heterocycles. The molecule has 8 heteroatoms. The highest BCUT2D eigenvalue weighted by Crippen LogP contribution is 2.48. The average Bonchev–Trinajstić information content (AvgIpc) is 2.85. The number of piperidine rings is 1. The minimum absolute atomic E-state index is 0.0235. The van der Waals surface area contributed by atoms with Crippen molar-refractivity contribution in [3.05, 3.63) is 35.9 Å². The smallest absolute Gasteiger partial charge is 0.410 e. The molecule has 2 atom stereocenters. The van der Waals surface area contributed by atoms with E-state index in [9.17, 15) is 13.2 Å². The van der Waals surface area contributed by atoms with Gasteiger partial charge in [-0.05, 0) is 45.7 Å². The van der Waals surface area contributed by atoms with Crippen molar-refractivity contribution in [1.29, 1.82) is 0 Å². The third kappa shape index (κ3) is 4.08. The Morgan fingerprint density at radius 2 is 1.79 bits per heavy atom. The first kappa shape index (κ1) is 20.1. The van der Waals surface area contributed by atoms with Crippen LogP contribution in [0.25, 0.3) is 5.76 Å². The molecule has 2 saturated heterocycles. The number of fused-ring (bicyclic) bond motifs is 3. The number of rotatable bonds is 2. The molecule has 2 unspecified atom stereocenters. The van der Waals surface area contributed by atoms with Gasteiger partial charge in [-0.2, -0.15) is 8.42 Å². The molecule has 3 aliphatic heterocycles. The molecular formula is C21H27NO6S. The van der Waals surface area contributed by atoms with Crippen LogP contribution in [0.2, 0.25) is 0 Å². The highest BCUT2D eigenvalue weighted by Gasteiger charge is 2.53. The van der Waals surface area contributed by atoms with Gasteiger partial charge < -0.3 is 18.6 Å². The summed E-state index contributed by atoms with van der Waals surface area (Å²) in [6, 6.07) is 7.21. The van der Waals surface area contributed by atoms with E-state index in [0.29, 0.717) is 29.9 Å². The highest BCUT2D eigenvalue weighted by atomic mass is 32.2. The van der Waals surface area contributed by atoms with Gasteiger partial charge in [0.15, 0.2) is 5.76 Å². The fourth-order valence-corrected chi connectivity index (χ4v) is 5.08. The number of carbonyl (C=O) groups is 1. The second-order valence-corrected chi connectivity index (χ2v) is 10.7. The van der Waals surface area contributed by atoms with E-state index in [1.165, 1.54) is 0 Å². The van der Waals surface area contributed by atoms with E-state index in [4.69, 9.17) is 13.7 Å². The molecule has 0 aromatic heterocycles. The molecule has 3 aliphatic rings. The number of para-hydroxylation sites is 1. The zero-order chi connectivity index (χ0) is 21.0. The molecule has 1 aromatic carbocycles. The first-order valence-corrected chi connectivity index (χ1v) is 11.7. The normalized spacial score (nSPS) is 28.4. The lowest BCUT2D eigenvalue weighted by molar-refractivity contribution is -0.0267. The summed E-state index contributed by atoms with van der Waals surface area (Å²) in [6.45, 7) is 5.57. The number of nitrogens with zero attached hydrogens (tertiary/aromatic N) is 1. The Labute approximate surface area is 171 Å². The van der Waals surface area contributed by atoms with E-state index in [1.807, 2.05) is 43.9 Å². The summed E-state index contributed by atoms with van der Waals surface area (Å²) in [6.07, 6.45) is 5.38. The maximum atomic E-state index is 12.7. The van der Waals surface area contributed by atoms with Crippen molar-refractivity contribution >= 4 is 22.0 Å². The van der Waals surface area contributed by atoms with Crippen LogP contribution in [-0.2, 0) is 19.0 Å². The molecular weight excluding hydrogens is 394 g/mol. The Kier molecular flexibility index (Phi) is 4.60. The molecule has 1 amide bonds. The standard InChI is InChI=1S/C21H27NO6S/c1-20(2,3)27-19(23)22-14-9-10-15(22)12-21(11-14)13-18(28-29(4,24)25)16-7-5-6-8-17(16)26-21/h5-8,13-15H,9-12H2,1-4H3. The second kappa shape index (κ2) is 6.65. The van der Waals surface area contributed by atoms with Crippen LogP contribution in [-0.4, -0.2) is 49.0 Å². The topological polar surface area (TPSA) is 82.1 Å². The summed E-state index contributed by atoms with van der Waals surface area (Å²) < 4.78 is 40.9. The number of carbonyl (C=O) groups excluding carboxylic acids is 1. The van der Waals surface area contributed by atoms with Gasteiger partial charge in [-0.3, -0.25) is 0 Å². The summed E-state index contributed by atoms with van der Waals surface area (Å²) in [5, 5.41) is 0. The molecule has 0 aliphatic carbocycles. The maximum absolute atomic E-state index is 12.7. The maximum Gasteiger partial charge on any atom is 0.410 e. The van der Waals surface area contributed by atoms with Crippen LogP contribution < -0.4 is 4.74 Å². The van der Waals surface area contributed by atoms with E-state index < -0.39 is 21.3 Å². The van der Waals surface area contributed by atoms with Crippen LogP contribution in [0.5, 0.6) is 5.75 Å². The molecule has 0 N–H and O–H groups in total. The fraction of sp³-hybridized carbons (Fsp3) is 0.571. The van der Waals surface area contributed by atoms with Crippen LogP contribution in [0.4, 0.5) is 4.79 Å². The molecule has 1 aromatic rings. The molecule has 7 nitrogen and oxygen atoms in total. The Balaban J connectivity index is 1.65. The molecule has 158 valence electrons. The zero-order valence-corrected chi connectivity index (χ0v) is 18.0. The van der Waals surface area contributed by atoms with Crippen molar-refractivity contribution in [3.63, 3.8) is 0 Å². The van der Waals surface area contributed by atoms with Gasteiger partial charge in [0.25, 0.3) is 0 Å². The van der Waals surface area contributed by atoms with Crippen LogP contribution in [0.3, 0.4) is 0 Å². The van der Waals surface area contributed by atoms with Crippen molar-refractivity contribution in [3.8, 4) is 5.75 Å². The van der Waals surface area contributed by atoms with Crippen LogP contribution >= 0.6 is 0 Å². The van der Waals surface area contributed by atoms with Gasteiger partial charge in [-0.1, -0.05) is 12.1 Å². The van der Waals surface area contributed by atoms with Gasteiger partial charge in [-0.15, -0.1) is 0 Å². The van der Waals surface area contributed by atoms with Crippen molar-refractivity contribution in [2.45, 2.75) is 69.7 Å². The summed E-state index contributed by atoms with van der Waals surface area (Å²) in [5.41, 5.74) is -0.647. The van der Waals surface area contributed by atoms with Gasteiger partial charge in [0.2, 0.25) is 0 Å². The third-order valence-corrected chi connectivity index (χ3v) is 5.97. The van der Waals surface area contributed by atoms with Gasteiger partial charge in [0.1, 0.15) is 17.0 Å². The average molecular weight is 422 g/mol. The minimum Gasteiger partial charge on any atom is -0.482 e. The summed E-state index contributed by atoms with van der Waals surface area (Å²) in [5.74, 6) is 0.887. The Morgan fingerprint density at radius 1 is 1.17 bits per heavy atom. The Hall–Kier alpha value is -2.22. The minimum atomic E-state index is -3.69. The first-order chi connectivity index (χ1) is 13.4. The van der Waals surface area contributed by atoms with Crippen molar-refractivity contribution in [2.24, 2.45) is 0 Å². The largest absolute Gasteiger partial charge is 0.482 e. The molecule has 29 heavy (non-hydrogen) atoms. The van der Waals surface area contributed by atoms with Gasteiger partial charge in [0.05, 0.1) is 11.8 Å². The van der Waals surface area contributed by atoms with Crippen molar-refractivity contribution in [1.82, 2.24) is 4.90 Å². The van der Waals surface area contributed by atoms with Crippen molar-refractivity contribution < 1.29 is 26.9 Å². The zero-order valence-electron chi connectivity index (χ0n) is 17.2. The summed E-state index contributed by atoms with van der Waals surface area (Å²) in [7, 11) is -3.69. The van der Waals surface area contributed by atoms with Crippen molar-refractivity contribution in [2.75, 3.05) is 6.26 Å². The van der Waals surface area contributed by atoms with E-state index in [0.717, 1.165) is 19.1 Å². The number of ether oxygens (including phenoxy) is 2. The fourth-order valence-electron chi connectivity index (χ4n) is 4.61. The monoisotopic (exact) mass is 421 g/mol. The number of hydrogen-bond donors (Lipinski definition) is 0. The van der Waals surface area contributed by atoms with E-state index >= 15 is 0 Å². The predicted molar refractivity (Wildman–Crippen MR) is 108 cm³/mol. The quantitative estimate of drug-likeness (QED) is 0.678. The van der Waals surface area contributed by atoms with Crippen LogP contribution in [0.15, 0.2) is 30.3 Å². The molecule has 4 rings (SSSR count). The molecule has 2 fully saturated rings. The van der Waals surface area contributed by atoms with Crippen LogP contribution in [0.1, 0.15) is 52.0 Å². The second-order valence-electron chi connectivity index (χ2n) is 9.14. The number of amides is 1. The van der Waals surface area contributed by atoms with Gasteiger partial charge >= 0.3 is 16.2 Å². The van der Waals surface area contributed by atoms with E-state index in [2.05, 4.69) is 0 Å². The SMILES string of the molecule is CC(C)(C)OC(=O)N1C2CCC1CC1(C=C(OS(C)(=O)=O)c3ccccc3O1)C2.